The standard InChI is InChI=1S/C24H23N3O2/c1-17(2)18-8-10-20(11-9-18)24-16-23(19-12-14-22(15-13-19)27(28)29)25-26(24)21-6-4-3-5-7-21/h3-15,17,24H,16H2,1-2H3/t24-/m0/s1. The van der Waals surface area contributed by atoms with E-state index in [1.54, 1.807) is 12.1 Å². The molecule has 4 rings (SSSR count). The van der Waals surface area contributed by atoms with Crippen molar-refractivity contribution in [2.75, 3.05) is 5.01 Å². The van der Waals surface area contributed by atoms with Crippen LogP contribution >= 0.6 is 0 Å². The number of para-hydroxylation sites is 1. The molecule has 0 spiro atoms. The Balaban J connectivity index is 1.69. The lowest BCUT2D eigenvalue weighted by atomic mass is 9.95. The van der Waals surface area contributed by atoms with Crippen LogP contribution in [0.1, 0.15) is 48.9 Å². The summed E-state index contributed by atoms with van der Waals surface area (Å²) in [6.07, 6.45) is 0.744. The van der Waals surface area contributed by atoms with Crippen LogP contribution in [0.2, 0.25) is 0 Å². The van der Waals surface area contributed by atoms with Gasteiger partial charge in [-0.15, -0.1) is 0 Å². The summed E-state index contributed by atoms with van der Waals surface area (Å²) < 4.78 is 0. The summed E-state index contributed by atoms with van der Waals surface area (Å²) >= 11 is 0. The van der Waals surface area contributed by atoms with E-state index in [0.717, 1.165) is 23.4 Å². The number of hydrazone groups is 1. The van der Waals surface area contributed by atoms with Crippen molar-refractivity contribution in [3.8, 4) is 0 Å². The quantitative estimate of drug-likeness (QED) is 0.395. The van der Waals surface area contributed by atoms with Crippen molar-refractivity contribution in [3.05, 3.63) is 106 Å². The fraction of sp³-hybridized carbons (Fsp3) is 0.208. The van der Waals surface area contributed by atoms with Crippen molar-refractivity contribution >= 4 is 17.1 Å². The van der Waals surface area contributed by atoms with Gasteiger partial charge >= 0.3 is 0 Å². The molecule has 0 unspecified atom stereocenters. The van der Waals surface area contributed by atoms with Crippen LogP contribution in [0.5, 0.6) is 0 Å². The molecule has 3 aromatic rings. The van der Waals surface area contributed by atoms with Gasteiger partial charge in [0.25, 0.3) is 5.69 Å². The molecule has 1 aliphatic heterocycles. The third-order valence-corrected chi connectivity index (χ3v) is 5.33. The molecule has 0 radical (unpaired) electrons. The van der Waals surface area contributed by atoms with Gasteiger partial charge in [-0.2, -0.15) is 5.10 Å². The number of anilines is 1. The van der Waals surface area contributed by atoms with Gasteiger partial charge in [0.1, 0.15) is 0 Å². The Morgan fingerprint density at radius 1 is 0.966 bits per heavy atom. The normalized spacial score (nSPS) is 16.2. The van der Waals surface area contributed by atoms with Crippen LogP contribution in [0.15, 0.2) is 84.0 Å². The monoisotopic (exact) mass is 385 g/mol. The van der Waals surface area contributed by atoms with Crippen LogP contribution < -0.4 is 5.01 Å². The third kappa shape index (κ3) is 3.90. The fourth-order valence-electron chi connectivity index (χ4n) is 3.64. The summed E-state index contributed by atoms with van der Waals surface area (Å²) in [6.45, 7) is 4.38. The molecule has 0 aromatic heterocycles. The summed E-state index contributed by atoms with van der Waals surface area (Å²) in [4.78, 5) is 10.6. The third-order valence-electron chi connectivity index (χ3n) is 5.33. The maximum Gasteiger partial charge on any atom is 0.269 e. The van der Waals surface area contributed by atoms with Crippen LogP contribution in [0.3, 0.4) is 0 Å². The summed E-state index contributed by atoms with van der Waals surface area (Å²) in [6, 6.07) is 25.6. The van der Waals surface area contributed by atoms with E-state index in [9.17, 15) is 10.1 Å². The first-order chi connectivity index (χ1) is 14.0. The first-order valence-electron chi connectivity index (χ1n) is 9.79. The molecule has 0 saturated carbocycles. The molecule has 5 nitrogen and oxygen atoms in total. The van der Waals surface area contributed by atoms with Gasteiger partial charge in [-0.1, -0.05) is 56.3 Å². The van der Waals surface area contributed by atoms with Crippen LogP contribution in [-0.2, 0) is 0 Å². The number of hydrogen-bond donors (Lipinski definition) is 0. The number of hydrogen-bond acceptors (Lipinski definition) is 4. The highest BCUT2D eigenvalue weighted by atomic mass is 16.6. The lowest BCUT2D eigenvalue weighted by Gasteiger charge is -2.24. The number of rotatable bonds is 5. The van der Waals surface area contributed by atoms with Gasteiger partial charge in [-0.25, -0.2) is 0 Å². The van der Waals surface area contributed by atoms with Crippen LogP contribution in [-0.4, -0.2) is 10.6 Å². The van der Waals surface area contributed by atoms with Crippen molar-refractivity contribution in [1.82, 2.24) is 0 Å². The molecule has 5 heteroatoms. The Morgan fingerprint density at radius 2 is 1.62 bits per heavy atom. The lowest BCUT2D eigenvalue weighted by molar-refractivity contribution is -0.384. The fourth-order valence-corrected chi connectivity index (χ4v) is 3.64. The number of non-ortho nitro benzene ring substituents is 1. The SMILES string of the molecule is CC(C)c1ccc([C@@H]2CC(c3ccc([N+](=O)[O-])cc3)=NN2c2ccccc2)cc1. The number of benzene rings is 3. The summed E-state index contributed by atoms with van der Waals surface area (Å²) in [7, 11) is 0. The zero-order chi connectivity index (χ0) is 20.4. The number of nitro groups is 1. The molecule has 1 aliphatic rings. The molecule has 146 valence electrons. The van der Waals surface area contributed by atoms with Crippen LogP contribution in [0, 0.1) is 10.1 Å². The van der Waals surface area contributed by atoms with Gasteiger partial charge < -0.3 is 0 Å². The van der Waals surface area contributed by atoms with Crippen molar-refractivity contribution < 1.29 is 4.92 Å². The minimum Gasteiger partial charge on any atom is -0.258 e. The minimum absolute atomic E-state index is 0.0869. The molecule has 0 saturated heterocycles. The minimum atomic E-state index is -0.379. The largest absolute Gasteiger partial charge is 0.269 e. The Kier molecular flexibility index (Phi) is 5.12. The maximum absolute atomic E-state index is 11.0. The Hall–Kier alpha value is -3.47. The first kappa shape index (κ1) is 18.9. The zero-order valence-electron chi connectivity index (χ0n) is 16.5. The van der Waals surface area contributed by atoms with Gasteiger partial charge in [0.15, 0.2) is 0 Å². The second kappa shape index (κ2) is 7.87. The van der Waals surface area contributed by atoms with E-state index in [1.165, 1.54) is 23.3 Å². The van der Waals surface area contributed by atoms with Gasteiger partial charge in [-0.05, 0) is 46.9 Å². The summed E-state index contributed by atoms with van der Waals surface area (Å²) in [5.41, 5.74) is 5.49. The zero-order valence-corrected chi connectivity index (χ0v) is 16.5. The molecule has 1 heterocycles. The summed E-state index contributed by atoms with van der Waals surface area (Å²) in [5, 5.41) is 17.9. The highest BCUT2D eigenvalue weighted by Gasteiger charge is 2.30. The maximum atomic E-state index is 11.0. The summed E-state index contributed by atoms with van der Waals surface area (Å²) in [5.74, 6) is 0.491. The first-order valence-corrected chi connectivity index (χ1v) is 9.79. The van der Waals surface area contributed by atoms with Crippen LogP contribution in [0.4, 0.5) is 11.4 Å². The predicted molar refractivity (Wildman–Crippen MR) is 116 cm³/mol. The second-order valence-corrected chi connectivity index (χ2v) is 7.57. The molecule has 0 bridgehead atoms. The average Bonchev–Trinajstić information content (AvgIpc) is 3.20. The molecule has 0 amide bonds. The molecule has 1 atom stereocenters. The molecule has 29 heavy (non-hydrogen) atoms. The van der Waals surface area contributed by atoms with Crippen molar-refractivity contribution in [1.29, 1.82) is 0 Å². The lowest BCUT2D eigenvalue weighted by Crippen LogP contribution is -2.18. The van der Waals surface area contributed by atoms with Gasteiger partial charge in [0.05, 0.1) is 22.4 Å². The topological polar surface area (TPSA) is 58.7 Å². The Morgan fingerprint density at radius 3 is 2.21 bits per heavy atom. The van der Waals surface area contributed by atoms with E-state index in [1.807, 2.05) is 18.2 Å². The molecule has 0 fully saturated rings. The predicted octanol–water partition coefficient (Wildman–Crippen LogP) is 6.07. The van der Waals surface area contributed by atoms with Gasteiger partial charge in [-0.3, -0.25) is 15.1 Å². The molecular formula is C24H23N3O2. The Labute approximate surface area is 170 Å². The van der Waals surface area contributed by atoms with Crippen molar-refractivity contribution in [2.45, 2.75) is 32.2 Å². The number of nitro benzene ring substituents is 1. The molecule has 0 aliphatic carbocycles. The van der Waals surface area contributed by atoms with E-state index in [2.05, 4.69) is 55.3 Å². The van der Waals surface area contributed by atoms with E-state index in [4.69, 9.17) is 5.10 Å². The van der Waals surface area contributed by atoms with Crippen LogP contribution in [0.25, 0.3) is 0 Å². The molecule has 0 N–H and O–H groups in total. The highest BCUT2D eigenvalue weighted by molar-refractivity contribution is 6.03. The number of nitrogens with zero attached hydrogens (tertiary/aromatic N) is 3. The van der Waals surface area contributed by atoms with Gasteiger partial charge in [0, 0.05) is 18.6 Å². The van der Waals surface area contributed by atoms with E-state index in [-0.39, 0.29) is 16.7 Å². The van der Waals surface area contributed by atoms with E-state index in [0.29, 0.717) is 5.92 Å². The second-order valence-electron chi connectivity index (χ2n) is 7.57. The highest BCUT2D eigenvalue weighted by Crippen LogP contribution is 2.37. The van der Waals surface area contributed by atoms with Crippen molar-refractivity contribution in [3.63, 3.8) is 0 Å². The average molecular weight is 385 g/mol. The van der Waals surface area contributed by atoms with Crippen molar-refractivity contribution in [2.24, 2.45) is 5.10 Å². The smallest absolute Gasteiger partial charge is 0.258 e. The van der Waals surface area contributed by atoms with Gasteiger partial charge in [0.2, 0.25) is 0 Å². The molecule has 3 aromatic carbocycles. The van der Waals surface area contributed by atoms with E-state index >= 15 is 0 Å². The Bertz CT molecular complexity index is 1030. The van der Waals surface area contributed by atoms with E-state index < -0.39 is 0 Å². The molecular weight excluding hydrogens is 362 g/mol.